The van der Waals surface area contributed by atoms with Crippen molar-refractivity contribution in [2.75, 3.05) is 12.8 Å². The highest BCUT2D eigenvalue weighted by molar-refractivity contribution is 5.74. The maximum atomic E-state index is 13.8. The average Bonchev–Trinajstić information content (AvgIpc) is 2.35. The Balaban J connectivity index is 2.72. The summed E-state index contributed by atoms with van der Waals surface area (Å²) in [6.07, 6.45) is 0. The number of halogens is 2. The van der Waals surface area contributed by atoms with Crippen molar-refractivity contribution in [3.05, 3.63) is 48.0 Å². The van der Waals surface area contributed by atoms with E-state index in [9.17, 15) is 8.78 Å². The molecule has 0 bridgehead atoms. The highest BCUT2D eigenvalue weighted by Gasteiger charge is 2.17. The fraction of sp³-hybridized carbons (Fsp3) is 0.0769. The van der Waals surface area contributed by atoms with Crippen LogP contribution in [-0.4, -0.2) is 7.11 Å². The van der Waals surface area contributed by atoms with Gasteiger partial charge in [0.1, 0.15) is 11.6 Å². The van der Waals surface area contributed by atoms with Gasteiger partial charge in [0.25, 0.3) is 0 Å². The molecule has 0 aliphatic heterocycles. The quantitative estimate of drug-likeness (QED) is 0.811. The molecule has 0 aliphatic rings. The Morgan fingerprint density at radius 3 is 2.47 bits per heavy atom. The Morgan fingerprint density at radius 1 is 1.06 bits per heavy atom. The number of nitrogen functional groups attached to an aromatic ring is 1. The number of benzene rings is 2. The maximum Gasteiger partial charge on any atom is 0.156 e. The first-order valence-electron chi connectivity index (χ1n) is 5.02. The number of para-hydroxylation sites is 1. The molecule has 2 aromatic carbocycles. The van der Waals surface area contributed by atoms with Crippen molar-refractivity contribution < 1.29 is 13.5 Å². The third kappa shape index (κ3) is 1.93. The lowest BCUT2D eigenvalue weighted by Crippen LogP contribution is -1.98. The lowest BCUT2D eigenvalue weighted by Gasteiger charge is -2.11. The van der Waals surface area contributed by atoms with Crippen LogP contribution in [0.15, 0.2) is 36.4 Å². The van der Waals surface area contributed by atoms with Crippen molar-refractivity contribution in [1.82, 2.24) is 0 Å². The van der Waals surface area contributed by atoms with Crippen molar-refractivity contribution in [2.45, 2.75) is 0 Å². The predicted octanol–water partition coefficient (Wildman–Crippen LogP) is 3.22. The van der Waals surface area contributed by atoms with Gasteiger partial charge in [-0.1, -0.05) is 18.2 Å². The highest BCUT2D eigenvalue weighted by atomic mass is 19.1. The number of anilines is 1. The molecule has 2 rings (SSSR count). The predicted molar refractivity (Wildman–Crippen MR) is 62.8 cm³/mol. The topological polar surface area (TPSA) is 35.2 Å². The van der Waals surface area contributed by atoms with Crippen LogP contribution in [0.4, 0.5) is 14.5 Å². The Bertz CT molecular complexity index is 555. The summed E-state index contributed by atoms with van der Waals surface area (Å²) >= 11 is 0. The molecule has 2 nitrogen and oxygen atoms in total. The van der Waals surface area contributed by atoms with Crippen LogP contribution >= 0.6 is 0 Å². The van der Waals surface area contributed by atoms with Gasteiger partial charge in [0, 0.05) is 5.56 Å². The van der Waals surface area contributed by atoms with Gasteiger partial charge >= 0.3 is 0 Å². The summed E-state index contributed by atoms with van der Waals surface area (Å²) in [6.45, 7) is 0. The van der Waals surface area contributed by atoms with Gasteiger partial charge in [-0.3, -0.25) is 0 Å². The third-order valence-corrected chi connectivity index (χ3v) is 2.50. The summed E-state index contributed by atoms with van der Waals surface area (Å²) in [5, 5.41) is 0. The van der Waals surface area contributed by atoms with E-state index in [1.165, 1.54) is 13.2 Å². The van der Waals surface area contributed by atoms with Crippen LogP contribution in [0.2, 0.25) is 0 Å². The van der Waals surface area contributed by atoms with Crippen LogP contribution in [0.25, 0.3) is 11.1 Å². The standard InChI is InChI=1S/C13H11F2NO/c1-17-11-5-3-2-4-8(11)12-9(14)6-7-10(16)13(12)15/h2-7H,16H2,1H3. The third-order valence-electron chi connectivity index (χ3n) is 2.50. The lowest BCUT2D eigenvalue weighted by atomic mass is 10.0. The molecule has 0 atom stereocenters. The Hall–Kier alpha value is -2.10. The van der Waals surface area contributed by atoms with Crippen LogP contribution in [0.3, 0.4) is 0 Å². The normalized spacial score (nSPS) is 10.3. The van der Waals surface area contributed by atoms with E-state index in [2.05, 4.69) is 0 Å². The summed E-state index contributed by atoms with van der Waals surface area (Å²) in [7, 11) is 1.45. The van der Waals surface area contributed by atoms with Crippen LogP contribution < -0.4 is 10.5 Å². The summed E-state index contributed by atoms with van der Waals surface area (Å²) < 4.78 is 32.6. The molecule has 0 aliphatic carbocycles. The maximum absolute atomic E-state index is 13.8. The number of methoxy groups -OCH3 is 1. The first-order chi connectivity index (χ1) is 8.15. The molecule has 0 unspecified atom stereocenters. The monoisotopic (exact) mass is 235 g/mol. The van der Waals surface area contributed by atoms with Gasteiger partial charge in [-0.15, -0.1) is 0 Å². The molecule has 0 aromatic heterocycles. The second kappa shape index (κ2) is 4.41. The molecule has 2 aromatic rings. The highest BCUT2D eigenvalue weighted by Crippen LogP contribution is 2.35. The summed E-state index contributed by atoms with van der Waals surface area (Å²) in [5.41, 5.74) is 5.53. The molecule has 4 heteroatoms. The van der Waals surface area contributed by atoms with Gasteiger partial charge in [0.2, 0.25) is 0 Å². The minimum atomic E-state index is -0.769. The molecule has 0 radical (unpaired) electrons. The minimum Gasteiger partial charge on any atom is -0.496 e. The zero-order valence-electron chi connectivity index (χ0n) is 9.21. The second-order valence-corrected chi connectivity index (χ2v) is 3.53. The first-order valence-corrected chi connectivity index (χ1v) is 5.02. The molecule has 0 saturated carbocycles. The molecule has 17 heavy (non-hydrogen) atoms. The molecule has 0 fully saturated rings. The van der Waals surface area contributed by atoms with Crippen LogP contribution in [0, 0.1) is 11.6 Å². The zero-order chi connectivity index (χ0) is 12.4. The van der Waals surface area contributed by atoms with Crippen LogP contribution in [-0.2, 0) is 0 Å². The van der Waals surface area contributed by atoms with Gasteiger partial charge in [-0.25, -0.2) is 8.78 Å². The number of hydrogen-bond acceptors (Lipinski definition) is 2. The molecule has 88 valence electrons. The van der Waals surface area contributed by atoms with E-state index < -0.39 is 11.6 Å². The zero-order valence-corrected chi connectivity index (χ0v) is 9.21. The van der Waals surface area contributed by atoms with E-state index in [0.29, 0.717) is 11.3 Å². The van der Waals surface area contributed by atoms with Gasteiger partial charge in [-0.05, 0) is 18.2 Å². The summed E-state index contributed by atoms with van der Waals surface area (Å²) in [6, 6.07) is 8.96. The van der Waals surface area contributed by atoms with Gasteiger partial charge in [-0.2, -0.15) is 0 Å². The van der Waals surface area contributed by atoms with Crippen LogP contribution in [0.1, 0.15) is 0 Å². The molecule has 0 amide bonds. The Morgan fingerprint density at radius 2 is 1.76 bits per heavy atom. The number of hydrogen-bond donors (Lipinski definition) is 1. The average molecular weight is 235 g/mol. The molecule has 2 N–H and O–H groups in total. The fourth-order valence-electron chi connectivity index (χ4n) is 1.67. The summed E-state index contributed by atoms with van der Waals surface area (Å²) in [5.74, 6) is -1.04. The van der Waals surface area contributed by atoms with Crippen molar-refractivity contribution in [3.8, 4) is 16.9 Å². The minimum absolute atomic E-state index is 0.0905. The molecular formula is C13H11F2NO. The van der Waals surface area contributed by atoms with Crippen LogP contribution in [0.5, 0.6) is 5.75 Å². The molecule has 0 heterocycles. The van der Waals surface area contributed by atoms with Crippen molar-refractivity contribution in [3.63, 3.8) is 0 Å². The second-order valence-electron chi connectivity index (χ2n) is 3.53. The van der Waals surface area contributed by atoms with Crippen molar-refractivity contribution >= 4 is 5.69 Å². The van der Waals surface area contributed by atoms with E-state index in [0.717, 1.165) is 6.07 Å². The van der Waals surface area contributed by atoms with E-state index in [1.54, 1.807) is 24.3 Å². The van der Waals surface area contributed by atoms with Gasteiger partial charge < -0.3 is 10.5 Å². The lowest BCUT2D eigenvalue weighted by molar-refractivity contribution is 0.415. The van der Waals surface area contributed by atoms with Gasteiger partial charge in [0.05, 0.1) is 18.4 Å². The van der Waals surface area contributed by atoms with E-state index >= 15 is 0 Å². The smallest absolute Gasteiger partial charge is 0.156 e. The van der Waals surface area contributed by atoms with Crippen molar-refractivity contribution in [1.29, 1.82) is 0 Å². The number of rotatable bonds is 2. The van der Waals surface area contributed by atoms with E-state index in [-0.39, 0.29) is 11.3 Å². The molecular weight excluding hydrogens is 224 g/mol. The first kappa shape index (κ1) is 11.4. The Kier molecular flexibility index (Phi) is 2.95. The molecule has 0 spiro atoms. The largest absolute Gasteiger partial charge is 0.496 e. The molecule has 0 saturated heterocycles. The van der Waals surface area contributed by atoms with E-state index in [1.807, 2.05) is 0 Å². The number of ether oxygens (including phenoxy) is 1. The number of nitrogens with two attached hydrogens (primary N) is 1. The fourth-order valence-corrected chi connectivity index (χ4v) is 1.67. The van der Waals surface area contributed by atoms with E-state index in [4.69, 9.17) is 10.5 Å². The van der Waals surface area contributed by atoms with Crippen molar-refractivity contribution in [2.24, 2.45) is 0 Å². The SMILES string of the molecule is COc1ccccc1-c1c(F)ccc(N)c1F. The Labute approximate surface area is 97.6 Å². The van der Waals surface area contributed by atoms with Gasteiger partial charge in [0.15, 0.2) is 5.82 Å². The summed E-state index contributed by atoms with van der Waals surface area (Å²) in [4.78, 5) is 0.